The van der Waals surface area contributed by atoms with Crippen molar-refractivity contribution >= 4 is 17.4 Å². The number of nitrogens with zero attached hydrogens (tertiary/aromatic N) is 1. The lowest BCUT2D eigenvalue weighted by molar-refractivity contribution is 0.552. The number of hydrogen-bond donors (Lipinski definition) is 1. The van der Waals surface area contributed by atoms with Gasteiger partial charge in [-0.2, -0.15) is 11.8 Å². The highest BCUT2D eigenvalue weighted by Crippen LogP contribution is 2.26. The minimum atomic E-state index is 0.707. The third-order valence-electron chi connectivity index (χ3n) is 3.44. The first-order valence-corrected chi connectivity index (χ1v) is 8.37. The highest BCUT2D eigenvalue weighted by atomic mass is 32.2. The lowest BCUT2D eigenvalue weighted by atomic mass is 10.1. The molecular weight excluding hydrogens is 252 g/mol. The second-order valence-electron chi connectivity index (χ2n) is 5.78. The van der Waals surface area contributed by atoms with E-state index in [0.29, 0.717) is 5.92 Å². The molecule has 1 fully saturated rings. The Balaban J connectivity index is 2.02. The average Bonchev–Trinajstić information content (AvgIpc) is 2.39. The van der Waals surface area contributed by atoms with Crippen molar-refractivity contribution in [3.8, 4) is 0 Å². The van der Waals surface area contributed by atoms with Gasteiger partial charge in [0.2, 0.25) is 0 Å². The summed E-state index contributed by atoms with van der Waals surface area (Å²) in [7, 11) is 0. The van der Waals surface area contributed by atoms with E-state index in [1.807, 2.05) is 0 Å². The molecule has 1 aliphatic rings. The third kappa shape index (κ3) is 4.43. The summed E-state index contributed by atoms with van der Waals surface area (Å²) < 4.78 is 0. The summed E-state index contributed by atoms with van der Waals surface area (Å²) in [6, 6.07) is 8.84. The minimum Gasteiger partial charge on any atom is -0.369 e. The molecule has 0 aliphatic carbocycles. The molecule has 1 N–H and O–H groups in total. The summed E-state index contributed by atoms with van der Waals surface area (Å²) >= 11 is 2.09. The van der Waals surface area contributed by atoms with Crippen LogP contribution >= 0.6 is 11.8 Å². The van der Waals surface area contributed by atoms with E-state index in [4.69, 9.17) is 0 Å². The highest BCUT2D eigenvalue weighted by Gasteiger charge is 2.18. The summed E-state index contributed by atoms with van der Waals surface area (Å²) in [6.07, 6.45) is 0. The maximum Gasteiger partial charge on any atom is 0.0412 e. The van der Waals surface area contributed by atoms with E-state index in [9.17, 15) is 0 Å². The van der Waals surface area contributed by atoms with Crippen LogP contribution in [0.2, 0.25) is 0 Å². The predicted octanol–water partition coefficient (Wildman–Crippen LogP) is 3.37. The molecule has 1 aromatic rings. The summed E-state index contributed by atoms with van der Waals surface area (Å²) in [4.78, 5) is 2.55. The number of para-hydroxylation sites is 1. The fourth-order valence-electron chi connectivity index (χ4n) is 2.50. The minimum absolute atomic E-state index is 0.707. The lowest BCUT2D eigenvalue weighted by Gasteiger charge is -2.34. The van der Waals surface area contributed by atoms with Crippen LogP contribution in [0.1, 0.15) is 26.3 Å². The molecular formula is C16H26N2S. The first-order valence-electron chi connectivity index (χ1n) is 7.32. The Hall–Kier alpha value is -0.670. The van der Waals surface area contributed by atoms with Crippen LogP contribution in [0, 0.1) is 5.92 Å². The van der Waals surface area contributed by atoms with Gasteiger partial charge in [-0.3, -0.25) is 0 Å². The third-order valence-corrected chi connectivity index (χ3v) is 4.58. The molecule has 1 heterocycles. The molecule has 0 radical (unpaired) electrons. The van der Waals surface area contributed by atoms with Crippen molar-refractivity contribution in [1.29, 1.82) is 0 Å². The van der Waals surface area contributed by atoms with Gasteiger partial charge in [0.15, 0.2) is 0 Å². The quantitative estimate of drug-likeness (QED) is 0.889. The molecule has 1 atom stereocenters. The molecule has 1 saturated heterocycles. The fraction of sp³-hybridized carbons (Fsp3) is 0.625. The van der Waals surface area contributed by atoms with E-state index in [2.05, 4.69) is 67.0 Å². The van der Waals surface area contributed by atoms with E-state index >= 15 is 0 Å². The standard InChI is InChI=1S/C16H26N2S/c1-13(2)10-17-11-15-6-4-5-7-16(15)18-8-9-19-14(3)12-18/h4-7,13-14,17H,8-12H2,1-3H3. The summed E-state index contributed by atoms with van der Waals surface area (Å²) in [5.41, 5.74) is 2.85. The molecule has 0 aromatic heterocycles. The number of thioether (sulfide) groups is 1. The van der Waals surface area contributed by atoms with Gasteiger partial charge in [0.25, 0.3) is 0 Å². The van der Waals surface area contributed by atoms with Crippen LogP contribution in [0.15, 0.2) is 24.3 Å². The number of anilines is 1. The van der Waals surface area contributed by atoms with Gasteiger partial charge in [-0.15, -0.1) is 0 Å². The molecule has 1 unspecified atom stereocenters. The molecule has 0 bridgehead atoms. The van der Waals surface area contributed by atoms with Gasteiger partial charge in [0, 0.05) is 36.3 Å². The second kappa shape index (κ2) is 7.20. The van der Waals surface area contributed by atoms with Gasteiger partial charge in [-0.25, -0.2) is 0 Å². The topological polar surface area (TPSA) is 15.3 Å². The first kappa shape index (κ1) is 14.7. The van der Waals surface area contributed by atoms with Crippen LogP contribution < -0.4 is 10.2 Å². The number of benzene rings is 1. The molecule has 0 saturated carbocycles. The smallest absolute Gasteiger partial charge is 0.0412 e. The average molecular weight is 278 g/mol. The van der Waals surface area contributed by atoms with Gasteiger partial charge in [-0.1, -0.05) is 39.0 Å². The number of hydrogen-bond acceptors (Lipinski definition) is 3. The van der Waals surface area contributed by atoms with Gasteiger partial charge >= 0.3 is 0 Å². The second-order valence-corrected chi connectivity index (χ2v) is 7.33. The van der Waals surface area contributed by atoms with Crippen LogP contribution in [-0.4, -0.2) is 30.6 Å². The Morgan fingerprint density at radius 2 is 2.16 bits per heavy atom. The Morgan fingerprint density at radius 3 is 2.89 bits per heavy atom. The number of nitrogens with one attached hydrogen (secondary N) is 1. The van der Waals surface area contributed by atoms with Crippen LogP contribution in [0.5, 0.6) is 0 Å². The number of rotatable bonds is 5. The molecule has 2 rings (SSSR count). The Morgan fingerprint density at radius 1 is 1.37 bits per heavy atom. The first-order chi connectivity index (χ1) is 9.16. The summed E-state index contributed by atoms with van der Waals surface area (Å²) in [6.45, 7) is 11.2. The zero-order chi connectivity index (χ0) is 13.7. The van der Waals surface area contributed by atoms with Crippen LogP contribution in [-0.2, 0) is 6.54 Å². The largest absolute Gasteiger partial charge is 0.369 e. The van der Waals surface area contributed by atoms with Gasteiger partial charge in [0.1, 0.15) is 0 Å². The van der Waals surface area contributed by atoms with E-state index in [1.54, 1.807) is 0 Å². The fourth-order valence-corrected chi connectivity index (χ4v) is 3.52. The molecule has 2 nitrogen and oxygen atoms in total. The van der Waals surface area contributed by atoms with Crippen molar-refractivity contribution < 1.29 is 0 Å². The van der Waals surface area contributed by atoms with Crippen molar-refractivity contribution in [2.45, 2.75) is 32.6 Å². The van der Waals surface area contributed by atoms with E-state index in [-0.39, 0.29) is 0 Å². The monoisotopic (exact) mass is 278 g/mol. The van der Waals surface area contributed by atoms with Crippen molar-refractivity contribution in [3.63, 3.8) is 0 Å². The lowest BCUT2D eigenvalue weighted by Crippen LogP contribution is -2.37. The normalized spacial score (nSPS) is 20.0. The van der Waals surface area contributed by atoms with Crippen LogP contribution in [0.25, 0.3) is 0 Å². The SMILES string of the molecule is CC(C)CNCc1ccccc1N1CCSC(C)C1. The van der Waals surface area contributed by atoms with Crippen molar-refractivity contribution in [2.75, 3.05) is 30.3 Å². The Bertz CT molecular complexity index is 392. The highest BCUT2D eigenvalue weighted by molar-refractivity contribution is 8.00. The van der Waals surface area contributed by atoms with Gasteiger partial charge in [-0.05, 0) is 24.1 Å². The molecule has 106 valence electrons. The predicted molar refractivity (Wildman–Crippen MR) is 87.1 cm³/mol. The van der Waals surface area contributed by atoms with Crippen molar-refractivity contribution in [1.82, 2.24) is 5.32 Å². The summed E-state index contributed by atoms with van der Waals surface area (Å²) in [5, 5.41) is 4.30. The maximum atomic E-state index is 3.56. The maximum absolute atomic E-state index is 3.56. The molecule has 19 heavy (non-hydrogen) atoms. The molecule has 3 heteroatoms. The van der Waals surface area contributed by atoms with Crippen LogP contribution in [0.4, 0.5) is 5.69 Å². The van der Waals surface area contributed by atoms with Gasteiger partial charge in [0.05, 0.1) is 0 Å². The Labute approximate surface area is 122 Å². The molecule has 0 amide bonds. The Kier molecular flexibility index (Phi) is 5.59. The van der Waals surface area contributed by atoms with Crippen molar-refractivity contribution in [3.05, 3.63) is 29.8 Å². The van der Waals surface area contributed by atoms with Crippen LogP contribution in [0.3, 0.4) is 0 Å². The molecule has 1 aromatic carbocycles. The summed E-state index contributed by atoms with van der Waals surface area (Å²) in [5.74, 6) is 1.95. The molecule has 0 spiro atoms. The molecule has 1 aliphatic heterocycles. The zero-order valence-corrected chi connectivity index (χ0v) is 13.2. The zero-order valence-electron chi connectivity index (χ0n) is 12.4. The van der Waals surface area contributed by atoms with E-state index < -0.39 is 0 Å². The van der Waals surface area contributed by atoms with Gasteiger partial charge < -0.3 is 10.2 Å². The van der Waals surface area contributed by atoms with E-state index in [1.165, 1.54) is 30.1 Å². The van der Waals surface area contributed by atoms with Crippen molar-refractivity contribution in [2.24, 2.45) is 5.92 Å². The van der Waals surface area contributed by atoms with E-state index in [0.717, 1.165) is 18.3 Å².